The van der Waals surface area contributed by atoms with Crippen LogP contribution in [0.15, 0.2) is 23.4 Å². The lowest BCUT2D eigenvalue weighted by atomic mass is 10.1. The highest BCUT2D eigenvalue weighted by molar-refractivity contribution is 7.99. The van der Waals surface area contributed by atoms with Crippen LogP contribution in [0.4, 0.5) is 0 Å². The smallest absolute Gasteiger partial charge is 0.0960 e. The Labute approximate surface area is 96.7 Å². The third-order valence-electron chi connectivity index (χ3n) is 1.92. The van der Waals surface area contributed by atoms with Crippen LogP contribution in [0.25, 0.3) is 0 Å². The first kappa shape index (κ1) is 12.5. The van der Waals surface area contributed by atoms with Gasteiger partial charge in [0.25, 0.3) is 0 Å². The largest absolute Gasteiger partial charge is 0.328 e. The predicted octanol–water partition coefficient (Wildman–Crippen LogP) is 2.72. The molecule has 1 rings (SSSR count). The van der Waals surface area contributed by atoms with Crippen molar-refractivity contribution in [2.24, 2.45) is 11.7 Å². The van der Waals surface area contributed by atoms with E-state index < -0.39 is 0 Å². The van der Waals surface area contributed by atoms with E-state index in [1.54, 1.807) is 0 Å². The number of pyridine rings is 1. The lowest BCUT2D eigenvalue weighted by molar-refractivity contribution is 0.733. The molecule has 84 valence electrons. The first-order chi connectivity index (χ1) is 7.08. The van der Waals surface area contributed by atoms with E-state index in [-0.39, 0.29) is 6.04 Å². The zero-order chi connectivity index (χ0) is 11.3. The summed E-state index contributed by atoms with van der Waals surface area (Å²) in [5.41, 5.74) is 6.95. The van der Waals surface area contributed by atoms with Gasteiger partial charge in [0.1, 0.15) is 0 Å². The summed E-state index contributed by atoms with van der Waals surface area (Å²) < 4.78 is 0. The molecule has 0 aliphatic carbocycles. The van der Waals surface area contributed by atoms with Gasteiger partial charge in [-0.05, 0) is 30.9 Å². The van der Waals surface area contributed by atoms with Crippen molar-refractivity contribution in [1.29, 1.82) is 0 Å². The summed E-state index contributed by atoms with van der Waals surface area (Å²) in [6.07, 6.45) is 2.84. The minimum absolute atomic E-state index is 0.209. The van der Waals surface area contributed by atoms with Crippen LogP contribution < -0.4 is 5.73 Å². The van der Waals surface area contributed by atoms with Gasteiger partial charge >= 0.3 is 0 Å². The van der Waals surface area contributed by atoms with Gasteiger partial charge in [-0.15, -0.1) is 11.8 Å². The molecule has 1 aromatic heterocycles. The number of thioether (sulfide) groups is 1. The molecule has 1 unspecified atom stereocenters. The van der Waals surface area contributed by atoms with E-state index in [1.165, 1.54) is 5.56 Å². The molecule has 1 atom stereocenters. The predicted molar refractivity (Wildman–Crippen MR) is 67.2 cm³/mol. The second-order valence-corrected chi connectivity index (χ2v) is 5.43. The van der Waals surface area contributed by atoms with Gasteiger partial charge in [-0.2, -0.15) is 0 Å². The van der Waals surface area contributed by atoms with E-state index in [2.05, 4.69) is 31.0 Å². The molecular formula is C12H20N2S. The number of hydrogen-bond donors (Lipinski definition) is 1. The van der Waals surface area contributed by atoms with Crippen LogP contribution in [-0.2, 0) is 6.42 Å². The van der Waals surface area contributed by atoms with Gasteiger partial charge in [0.05, 0.1) is 5.03 Å². The van der Waals surface area contributed by atoms with Gasteiger partial charge in [-0.1, -0.05) is 19.9 Å². The number of rotatable bonds is 5. The topological polar surface area (TPSA) is 38.9 Å². The third kappa shape index (κ3) is 5.19. The standard InChI is InChI=1S/C12H20N2S/c1-9(2)8-15-12-5-4-11(7-14-12)6-10(3)13/h4-5,7,9-10H,6,8,13H2,1-3H3. The molecule has 0 amide bonds. The second kappa shape index (κ2) is 6.13. The van der Waals surface area contributed by atoms with Crippen molar-refractivity contribution in [3.8, 4) is 0 Å². The zero-order valence-corrected chi connectivity index (χ0v) is 10.6. The summed E-state index contributed by atoms with van der Waals surface area (Å²) in [6, 6.07) is 4.42. The highest BCUT2D eigenvalue weighted by Crippen LogP contribution is 2.18. The first-order valence-corrected chi connectivity index (χ1v) is 6.39. The Morgan fingerprint density at radius 3 is 2.53 bits per heavy atom. The van der Waals surface area contributed by atoms with Crippen molar-refractivity contribution in [1.82, 2.24) is 4.98 Å². The van der Waals surface area contributed by atoms with Gasteiger partial charge in [0, 0.05) is 18.0 Å². The normalized spacial score (nSPS) is 13.1. The molecular weight excluding hydrogens is 204 g/mol. The highest BCUT2D eigenvalue weighted by Gasteiger charge is 2.01. The van der Waals surface area contributed by atoms with Crippen LogP contribution in [0.1, 0.15) is 26.3 Å². The SMILES string of the molecule is CC(C)CSc1ccc(CC(C)N)cn1. The van der Waals surface area contributed by atoms with Gasteiger partial charge in [-0.3, -0.25) is 0 Å². The Bertz CT molecular complexity index is 280. The summed E-state index contributed by atoms with van der Waals surface area (Å²) in [5.74, 6) is 1.83. The molecule has 0 aromatic carbocycles. The zero-order valence-electron chi connectivity index (χ0n) is 9.73. The van der Waals surface area contributed by atoms with Crippen molar-refractivity contribution in [2.75, 3.05) is 5.75 Å². The average molecular weight is 224 g/mol. The molecule has 0 aliphatic heterocycles. The number of nitrogens with two attached hydrogens (primary N) is 1. The van der Waals surface area contributed by atoms with Crippen LogP contribution in [0.2, 0.25) is 0 Å². The fourth-order valence-corrected chi connectivity index (χ4v) is 2.04. The van der Waals surface area contributed by atoms with Crippen molar-refractivity contribution >= 4 is 11.8 Å². The molecule has 0 saturated heterocycles. The fraction of sp³-hybridized carbons (Fsp3) is 0.583. The van der Waals surface area contributed by atoms with Crippen molar-refractivity contribution in [3.05, 3.63) is 23.9 Å². The minimum Gasteiger partial charge on any atom is -0.328 e. The highest BCUT2D eigenvalue weighted by atomic mass is 32.2. The molecule has 2 nitrogen and oxygen atoms in total. The van der Waals surface area contributed by atoms with E-state index in [1.807, 2.05) is 24.9 Å². The number of aromatic nitrogens is 1. The van der Waals surface area contributed by atoms with E-state index >= 15 is 0 Å². The summed E-state index contributed by atoms with van der Waals surface area (Å²) >= 11 is 1.81. The molecule has 0 spiro atoms. The van der Waals surface area contributed by atoms with E-state index in [9.17, 15) is 0 Å². The molecule has 0 radical (unpaired) electrons. The Hall–Kier alpha value is -0.540. The molecule has 2 N–H and O–H groups in total. The summed E-state index contributed by atoms with van der Waals surface area (Å²) in [7, 11) is 0. The maximum absolute atomic E-state index is 5.73. The van der Waals surface area contributed by atoms with E-state index in [0.717, 1.165) is 17.2 Å². The molecule has 0 bridgehead atoms. The van der Waals surface area contributed by atoms with Crippen molar-refractivity contribution < 1.29 is 0 Å². The Kier molecular flexibility index (Phi) is 5.12. The van der Waals surface area contributed by atoms with Crippen LogP contribution in [0, 0.1) is 5.92 Å². The van der Waals surface area contributed by atoms with E-state index in [4.69, 9.17) is 5.73 Å². The van der Waals surface area contributed by atoms with Gasteiger partial charge < -0.3 is 5.73 Å². The lowest BCUT2D eigenvalue weighted by Crippen LogP contribution is -2.17. The van der Waals surface area contributed by atoms with Crippen LogP contribution in [0.3, 0.4) is 0 Å². The average Bonchev–Trinajstić information content (AvgIpc) is 2.16. The lowest BCUT2D eigenvalue weighted by Gasteiger charge is -2.06. The Morgan fingerprint density at radius 2 is 2.07 bits per heavy atom. The quantitative estimate of drug-likeness (QED) is 0.782. The van der Waals surface area contributed by atoms with Crippen LogP contribution in [-0.4, -0.2) is 16.8 Å². The summed E-state index contributed by atoms with van der Waals surface area (Å²) in [5, 5.41) is 1.11. The molecule has 1 heterocycles. The van der Waals surface area contributed by atoms with Gasteiger partial charge in [0.15, 0.2) is 0 Å². The minimum atomic E-state index is 0.209. The maximum atomic E-state index is 5.73. The summed E-state index contributed by atoms with van der Waals surface area (Å²) in [4.78, 5) is 4.41. The van der Waals surface area contributed by atoms with E-state index in [0.29, 0.717) is 5.92 Å². The second-order valence-electron chi connectivity index (χ2n) is 4.39. The maximum Gasteiger partial charge on any atom is 0.0960 e. The molecule has 15 heavy (non-hydrogen) atoms. The number of nitrogens with zero attached hydrogens (tertiary/aromatic N) is 1. The third-order valence-corrected chi connectivity index (χ3v) is 3.29. The molecule has 0 fully saturated rings. The molecule has 0 aliphatic rings. The molecule has 3 heteroatoms. The molecule has 0 saturated carbocycles. The monoisotopic (exact) mass is 224 g/mol. The van der Waals surface area contributed by atoms with Gasteiger partial charge in [-0.25, -0.2) is 4.98 Å². The number of hydrogen-bond acceptors (Lipinski definition) is 3. The summed E-state index contributed by atoms with van der Waals surface area (Å²) in [6.45, 7) is 6.45. The first-order valence-electron chi connectivity index (χ1n) is 5.41. The molecule has 1 aromatic rings. The van der Waals surface area contributed by atoms with Crippen molar-refractivity contribution in [2.45, 2.75) is 38.3 Å². The van der Waals surface area contributed by atoms with Crippen molar-refractivity contribution in [3.63, 3.8) is 0 Å². The van der Waals surface area contributed by atoms with Crippen LogP contribution in [0.5, 0.6) is 0 Å². The Balaban J connectivity index is 2.49. The Morgan fingerprint density at radius 1 is 1.33 bits per heavy atom. The van der Waals surface area contributed by atoms with Gasteiger partial charge in [0.2, 0.25) is 0 Å². The fourth-order valence-electron chi connectivity index (χ4n) is 1.24. The van der Waals surface area contributed by atoms with Crippen LogP contribution >= 0.6 is 11.8 Å².